The van der Waals surface area contributed by atoms with E-state index >= 15 is 0 Å². The topological polar surface area (TPSA) is 26.0 Å². The molecule has 0 saturated heterocycles. The number of hydrogen-bond acceptors (Lipinski definition) is 1. The van der Waals surface area contributed by atoms with Crippen LogP contribution in [0.4, 0.5) is 0 Å². The largest absolute Gasteiger partial charge is 0.328 e. The highest BCUT2D eigenvalue weighted by atomic mass is 14.6. The van der Waals surface area contributed by atoms with Crippen LogP contribution >= 0.6 is 0 Å². The second-order valence-electron chi connectivity index (χ2n) is 6.12. The maximum Gasteiger partial charge on any atom is 0.0209 e. The molecule has 3 rings (SSSR count). The summed E-state index contributed by atoms with van der Waals surface area (Å²) in [5.74, 6) is 0. The SMILES string of the molecule is CC(N)CCC1(c2ccccc2)CCc2ccccc21. The lowest BCUT2D eigenvalue weighted by Crippen LogP contribution is -2.28. The summed E-state index contributed by atoms with van der Waals surface area (Å²) in [6.45, 7) is 2.11. The van der Waals surface area contributed by atoms with Gasteiger partial charge in [-0.1, -0.05) is 54.6 Å². The summed E-state index contributed by atoms with van der Waals surface area (Å²) in [7, 11) is 0. The van der Waals surface area contributed by atoms with E-state index in [0.29, 0.717) is 0 Å². The van der Waals surface area contributed by atoms with Gasteiger partial charge in [-0.25, -0.2) is 0 Å². The first kappa shape index (κ1) is 13.4. The molecule has 0 aliphatic heterocycles. The Balaban J connectivity index is 2.06. The third-order valence-electron chi connectivity index (χ3n) is 4.71. The quantitative estimate of drug-likeness (QED) is 0.887. The normalized spacial score (nSPS) is 22.5. The minimum absolute atomic E-state index is 0.172. The van der Waals surface area contributed by atoms with Crippen molar-refractivity contribution in [1.29, 1.82) is 0 Å². The predicted molar refractivity (Wildman–Crippen MR) is 84.9 cm³/mol. The molecule has 0 amide bonds. The number of rotatable bonds is 4. The van der Waals surface area contributed by atoms with E-state index in [9.17, 15) is 0 Å². The summed E-state index contributed by atoms with van der Waals surface area (Å²) in [4.78, 5) is 0. The van der Waals surface area contributed by atoms with Crippen LogP contribution in [-0.4, -0.2) is 6.04 Å². The number of hydrogen-bond donors (Lipinski definition) is 1. The van der Waals surface area contributed by atoms with Gasteiger partial charge in [0.25, 0.3) is 0 Å². The summed E-state index contributed by atoms with van der Waals surface area (Å²) in [6.07, 6.45) is 4.61. The first-order valence-corrected chi connectivity index (χ1v) is 7.62. The van der Waals surface area contributed by atoms with Crippen molar-refractivity contribution < 1.29 is 0 Å². The van der Waals surface area contributed by atoms with Crippen LogP contribution in [0.2, 0.25) is 0 Å². The van der Waals surface area contributed by atoms with Crippen molar-refractivity contribution in [1.82, 2.24) is 0 Å². The maximum absolute atomic E-state index is 6.03. The van der Waals surface area contributed by atoms with Crippen LogP contribution in [0.1, 0.15) is 42.9 Å². The van der Waals surface area contributed by atoms with Crippen molar-refractivity contribution in [3.05, 3.63) is 71.3 Å². The Labute approximate surface area is 121 Å². The van der Waals surface area contributed by atoms with E-state index < -0.39 is 0 Å². The van der Waals surface area contributed by atoms with Gasteiger partial charge in [-0.3, -0.25) is 0 Å². The van der Waals surface area contributed by atoms with Gasteiger partial charge in [-0.05, 0) is 49.3 Å². The maximum atomic E-state index is 6.03. The van der Waals surface area contributed by atoms with Gasteiger partial charge >= 0.3 is 0 Å². The number of nitrogens with two attached hydrogens (primary N) is 1. The standard InChI is InChI=1S/C19H23N/c1-15(20)11-13-19(17-8-3-2-4-9-17)14-12-16-7-5-6-10-18(16)19/h2-10,15H,11-14,20H2,1H3. The van der Waals surface area contributed by atoms with Crippen molar-refractivity contribution in [2.45, 2.75) is 44.1 Å². The smallest absolute Gasteiger partial charge is 0.0209 e. The molecule has 1 aliphatic rings. The Kier molecular flexibility index (Phi) is 3.62. The van der Waals surface area contributed by atoms with E-state index in [1.54, 1.807) is 0 Å². The molecule has 0 heterocycles. The van der Waals surface area contributed by atoms with Gasteiger partial charge in [0.15, 0.2) is 0 Å². The van der Waals surface area contributed by atoms with Crippen LogP contribution in [0.5, 0.6) is 0 Å². The van der Waals surface area contributed by atoms with E-state index in [4.69, 9.17) is 5.73 Å². The lowest BCUT2D eigenvalue weighted by atomic mass is 9.72. The monoisotopic (exact) mass is 265 g/mol. The fourth-order valence-corrected chi connectivity index (χ4v) is 3.62. The average Bonchev–Trinajstić information content (AvgIpc) is 2.86. The number of fused-ring (bicyclic) bond motifs is 1. The molecule has 2 N–H and O–H groups in total. The zero-order valence-electron chi connectivity index (χ0n) is 12.2. The lowest BCUT2D eigenvalue weighted by Gasteiger charge is -2.32. The molecule has 0 bridgehead atoms. The molecule has 1 heteroatoms. The highest BCUT2D eigenvalue weighted by Gasteiger charge is 2.39. The summed E-state index contributed by atoms with van der Waals surface area (Å²) in [5.41, 5.74) is 10.7. The highest BCUT2D eigenvalue weighted by molar-refractivity contribution is 5.47. The molecule has 104 valence electrons. The molecule has 0 fully saturated rings. The third kappa shape index (κ3) is 2.27. The Hall–Kier alpha value is -1.60. The molecule has 0 spiro atoms. The van der Waals surface area contributed by atoms with Crippen molar-refractivity contribution in [2.75, 3.05) is 0 Å². The van der Waals surface area contributed by atoms with Gasteiger partial charge in [0.05, 0.1) is 0 Å². The Morgan fingerprint density at radius 3 is 2.50 bits per heavy atom. The predicted octanol–water partition coefficient (Wildman–Crippen LogP) is 4.05. The molecule has 0 radical (unpaired) electrons. The van der Waals surface area contributed by atoms with Gasteiger partial charge in [0.2, 0.25) is 0 Å². The van der Waals surface area contributed by atoms with Gasteiger partial charge in [-0.15, -0.1) is 0 Å². The zero-order chi connectivity index (χ0) is 14.0. The van der Waals surface area contributed by atoms with Gasteiger partial charge in [-0.2, -0.15) is 0 Å². The van der Waals surface area contributed by atoms with E-state index in [2.05, 4.69) is 61.5 Å². The molecule has 2 aromatic rings. The van der Waals surface area contributed by atoms with E-state index in [1.807, 2.05) is 0 Å². The van der Waals surface area contributed by atoms with Crippen LogP contribution in [0.3, 0.4) is 0 Å². The van der Waals surface area contributed by atoms with Crippen molar-refractivity contribution in [3.8, 4) is 0 Å². The molecule has 2 atom stereocenters. The zero-order valence-corrected chi connectivity index (χ0v) is 12.2. The van der Waals surface area contributed by atoms with E-state index in [1.165, 1.54) is 29.5 Å². The summed E-state index contributed by atoms with van der Waals surface area (Å²) >= 11 is 0. The third-order valence-corrected chi connectivity index (χ3v) is 4.71. The van der Waals surface area contributed by atoms with Crippen molar-refractivity contribution in [3.63, 3.8) is 0 Å². The summed E-state index contributed by atoms with van der Waals surface area (Å²) in [5, 5.41) is 0. The molecule has 0 aromatic heterocycles. The van der Waals surface area contributed by atoms with Crippen LogP contribution in [-0.2, 0) is 11.8 Å². The minimum Gasteiger partial charge on any atom is -0.328 e. The molecule has 1 aliphatic carbocycles. The minimum atomic E-state index is 0.172. The van der Waals surface area contributed by atoms with Crippen molar-refractivity contribution in [2.24, 2.45) is 5.73 Å². The molecular weight excluding hydrogens is 242 g/mol. The fourth-order valence-electron chi connectivity index (χ4n) is 3.62. The molecular formula is C19H23N. The van der Waals surface area contributed by atoms with Gasteiger partial charge < -0.3 is 5.73 Å². The van der Waals surface area contributed by atoms with Crippen LogP contribution < -0.4 is 5.73 Å². The Morgan fingerprint density at radius 1 is 1.05 bits per heavy atom. The van der Waals surface area contributed by atoms with Crippen molar-refractivity contribution >= 4 is 0 Å². The Morgan fingerprint density at radius 2 is 1.75 bits per heavy atom. The molecule has 2 unspecified atom stereocenters. The second kappa shape index (κ2) is 5.41. The molecule has 20 heavy (non-hydrogen) atoms. The highest BCUT2D eigenvalue weighted by Crippen LogP contribution is 2.47. The first-order chi connectivity index (χ1) is 9.72. The lowest BCUT2D eigenvalue weighted by molar-refractivity contribution is 0.432. The number of benzene rings is 2. The summed E-state index contributed by atoms with van der Waals surface area (Å²) in [6, 6.07) is 20.2. The summed E-state index contributed by atoms with van der Waals surface area (Å²) < 4.78 is 0. The van der Waals surface area contributed by atoms with Crippen LogP contribution in [0, 0.1) is 0 Å². The van der Waals surface area contributed by atoms with E-state index in [0.717, 1.165) is 12.8 Å². The van der Waals surface area contributed by atoms with Crippen LogP contribution in [0.25, 0.3) is 0 Å². The van der Waals surface area contributed by atoms with E-state index in [-0.39, 0.29) is 11.5 Å². The average molecular weight is 265 g/mol. The van der Waals surface area contributed by atoms with Gasteiger partial charge in [0.1, 0.15) is 0 Å². The molecule has 0 saturated carbocycles. The first-order valence-electron chi connectivity index (χ1n) is 7.62. The van der Waals surface area contributed by atoms with Crippen LogP contribution in [0.15, 0.2) is 54.6 Å². The molecule has 1 nitrogen and oxygen atoms in total. The Bertz CT molecular complexity index is 573. The number of aryl methyl sites for hydroxylation is 1. The van der Waals surface area contributed by atoms with Gasteiger partial charge in [0, 0.05) is 11.5 Å². The fraction of sp³-hybridized carbons (Fsp3) is 0.368. The second-order valence-corrected chi connectivity index (χ2v) is 6.12. The molecule has 2 aromatic carbocycles.